The Morgan fingerprint density at radius 2 is 1.31 bits per heavy atom. The molecular formula is C25H17N3O7. The minimum atomic E-state index is -0.596. The Hall–Kier alpha value is -5.12. The van der Waals surface area contributed by atoms with Crippen LogP contribution in [0.3, 0.4) is 0 Å². The van der Waals surface area contributed by atoms with Gasteiger partial charge in [-0.25, -0.2) is 9.97 Å². The molecule has 1 N–H and O–H groups in total. The molecule has 0 aromatic carbocycles. The van der Waals surface area contributed by atoms with Gasteiger partial charge in [-0.3, -0.25) is 14.9 Å². The molecule has 0 saturated heterocycles. The zero-order chi connectivity index (χ0) is 24.2. The molecular weight excluding hydrogens is 454 g/mol. The van der Waals surface area contributed by atoms with E-state index in [0.717, 1.165) is 16.6 Å². The highest BCUT2D eigenvalue weighted by Crippen LogP contribution is 2.41. The first-order valence-corrected chi connectivity index (χ1v) is 10.4. The van der Waals surface area contributed by atoms with Gasteiger partial charge in [-0.1, -0.05) is 0 Å². The minimum Gasteiger partial charge on any atom is -0.464 e. The monoisotopic (exact) mass is 471 g/mol. The zero-order valence-electron chi connectivity index (χ0n) is 18.3. The molecule has 0 fully saturated rings. The van der Waals surface area contributed by atoms with E-state index in [-0.39, 0.29) is 11.5 Å². The summed E-state index contributed by atoms with van der Waals surface area (Å²) in [6.07, 6.45) is 7.42. The number of carbonyl (C=O) groups is 2. The predicted octanol–water partition coefficient (Wildman–Crippen LogP) is 5.49. The number of rotatable bonds is 4. The van der Waals surface area contributed by atoms with Gasteiger partial charge in [0.05, 0.1) is 41.7 Å². The molecule has 174 valence electrons. The molecule has 0 aliphatic rings. The quantitative estimate of drug-likeness (QED) is 0.331. The molecule has 6 rings (SSSR count). The summed E-state index contributed by atoms with van der Waals surface area (Å²) in [5.74, 6) is 0.901. The van der Waals surface area contributed by atoms with Crippen LogP contribution in [0.4, 0.5) is 0 Å². The number of aromatic nitrogens is 2. The summed E-state index contributed by atoms with van der Waals surface area (Å²) in [5, 5.41) is 2.96. The number of carbonyl (C=O) groups excluding carboxylic acids is 2. The van der Waals surface area contributed by atoms with Gasteiger partial charge in [0, 0.05) is 0 Å². The van der Waals surface area contributed by atoms with Crippen LogP contribution in [0, 0.1) is 6.92 Å². The summed E-state index contributed by atoms with van der Waals surface area (Å²) in [6, 6.07) is 13.4. The minimum absolute atomic E-state index is 0.0786. The fraction of sp³-hybridized carbons (Fsp3) is 0.0400. The van der Waals surface area contributed by atoms with Crippen LogP contribution in [0.1, 0.15) is 26.8 Å². The van der Waals surface area contributed by atoms with Crippen molar-refractivity contribution >= 4 is 22.9 Å². The van der Waals surface area contributed by atoms with Gasteiger partial charge >= 0.3 is 0 Å². The molecule has 35 heavy (non-hydrogen) atoms. The fourth-order valence-electron chi connectivity index (χ4n) is 3.36. The highest BCUT2D eigenvalue weighted by molar-refractivity contribution is 6.08. The van der Waals surface area contributed by atoms with Crippen molar-refractivity contribution in [1.82, 2.24) is 15.3 Å². The lowest BCUT2D eigenvalue weighted by Crippen LogP contribution is -2.29. The highest BCUT2D eigenvalue weighted by Gasteiger charge is 2.23. The van der Waals surface area contributed by atoms with Crippen LogP contribution in [0.2, 0.25) is 0 Å². The van der Waals surface area contributed by atoms with Gasteiger partial charge in [0.1, 0.15) is 12.1 Å². The standard InChI is InChI=1S/C15H10N2O3.C10H7NO4/c1-9-12-13(10-4-2-6-18-10)14(11-5-3-7-19-11)20-15(12)17-8-16-9;12-9(7-3-1-5-14-7)11-10(13)8-4-2-6-15-8/h2-8H,1H3;1-6H,(H,11,12,13). The first kappa shape index (κ1) is 21.7. The van der Waals surface area contributed by atoms with E-state index in [4.69, 9.17) is 22.1 Å². The third-order valence-electron chi connectivity index (χ3n) is 4.91. The summed E-state index contributed by atoms with van der Waals surface area (Å²) < 4.78 is 26.4. The van der Waals surface area contributed by atoms with Crippen LogP contribution in [0.25, 0.3) is 33.9 Å². The zero-order valence-corrected chi connectivity index (χ0v) is 18.3. The van der Waals surface area contributed by atoms with Gasteiger partial charge in [0.25, 0.3) is 11.8 Å². The molecule has 0 bridgehead atoms. The Morgan fingerprint density at radius 1 is 0.743 bits per heavy atom. The van der Waals surface area contributed by atoms with Crippen molar-refractivity contribution in [2.75, 3.05) is 0 Å². The molecule has 6 aromatic heterocycles. The molecule has 0 spiro atoms. The maximum atomic E-state index is 11.3. The number of hydrogen-bond donors (Lipinski definition) is 1. The summed E-state index contributed by atoms with van der Waals surface area (Å²) in [5.41, 5.74) is 2.18. The Kier molecular flexibility index (Phi) is 5.83. The molecule has 0 aliphatic carbocycles. The van der Waals surface area contributed by atoms with Gasteiger partial charge < -0.3 is 22.1 Å². The maximum absolute atomic E-state index is 11.3. The third-order valence-corrected chi connectivity index (χ3v) is 4.91. The number of hydrogen-bond acceptors (Lipinski definition) is 9. The van der Waals surface area contributed by atoms with Crippen LogP contribution in [0.5, 0.6) is 0 Å². The number of nitrogens with one attached hydrogen (secondary N) is 1. The van der Waals surface area contributed by atoms with Crippen LogP contribution < -0.4 is 5.32 Å². The van der Waals surface area contributed by atoms with E-state index in [2.05, 4.69) is 15.3 Å². The van der Waals surface area contributed by atoms with Gasteiger partial charge in [-0.15, -0.1) is 0 Å². The average molecular weight is 471 g/mol. The second-order valence-corrected chi connectivity index (χ2v) is 7.14. The number of nitrogens with zero attached hydrogens (tertiary/aromatic N) is 2. The molecule has 10 heteroatoms. The van der Waals surface area contributed by atoms with Crippen molar-refractivity contribution in [2.24, 2.45) is 0 Å². The number of imide groups is 1. The Balaban J connectivity index is 0.000000152. The molecule has 10 nitrogen and oxygen atoms in total. The van der Waals surface area contributed by atoms with Crippen molar-refractivity contribution in [1.29, 1.82) is 0 Å². The maximum Gasteiger partial charge on any atom is 0.293 e. The van der Waals surface area contributed by atoms with E-state index in [1.165, 1.54) is 31.0 Å². The summed E-state index contributed by atoms with van der Waals surface area (Å²) in [6.45, 7) is 1.91. The molecule has 6 heterocycles. The van der Waals surface area contributed by atoms with Crippen LogP contribution >= 0.6 is 0 Å². The largest absolute Gasteiger partial charge is 0.464 e. The van der Waals surface area contributed by atoms with E-state index in [1.54, 1.807) is 24.7 Å². The number of furan rings is 5. The first-order chi connectivity index (χ1) is 17.1. The van der Waals surface area contributed by atoms with Crippen molar-refractivity contribution in [3.05, 3.63) is 97.1 Å². The van der Waals surface area contributed by atoms with E-state index < -0.39 is 11.8 Å². The van der Waals surface area contributed by atoms with Gasteiger partial charge in [-0.2, -0.15) is 0 Å². The lowest BCUT2D eigenvalue weighted by Gasteiger charge is -1.98. The van der Waals surface area contributed by atoms with Crippen molar-refractivity contribution in [3.63, 3.8) is 0 Å². The van der Waals surface area contributed by atoms with Crippen molar-refractivity contribution in [2.45, 2.75) is 6.92 Å². The Bertz CT molecular complexity index is 1500. The van der Waals surface area contributed by atoms with E-state index >= 15 is 0 Å². The second-order valence-electron chi connectivity index (χ2n) is 7.14. The van der Waals surface area contributed by atoms with Crippen LogP contribution in [-0.2, 0) is 0 Å². The second kappa shape index (κ2) is 9.40. The summed E-state index contributed by atoms with van der Waals surface area (Å²) in [4.78, 5) is 31.1. The fourth-order valence-corrected chi connectivity index (χ4v) is 3.36. The molecule has 0 unspecified atom stereocenters. The highest BCUT2D eigenvalue weighted by atomic mass is 16.4. The van der Waals surface area contributed by atoms with Gasteiger partial charge in [-0.05, 0) is 55.5 Å². The lowest BCUT2D eigenvalue weighted by atomic mass is 10.1. The lowest BCUT2D eigenvalue weighted by molar-refractivity contribution is 0.0817. The average Bonchev–Trinajstić information content (AvgIpc) is 3.70. The topological polar surface area (TPSA) is 138 Å². The smallest absolute Gasteiger partial charge is 0.293 e. The molecule has 0 saturated carbocycles. The molecule has 2 amide bonds. The normalized spacial score (nSPS) is 10.7. The molecule has 0 atom stereocenters. The number of fused-ring (bicyclic) bond motifs is 1. The predicted molar refractivity (Wildman–Crippen MR) is 121 cm³/mol. The Labute approximate surface area is 197 Å². The third kappa shape index (κ3) is 4.40. The van der Waals surface area contributed by atoms with E-state index in [9.17, 15) is 9.59 Å². The van der Waals surface area contributed by atoms with Gasteiger partial charge in [0.2, 0.25) is 5.71 Å². The summed E-state index contributed by atoms with van der Waals surface area (Å²) >= 11 is 0. The van der Waals surface area contributed by atoms with Gasteiger partial charge in [0.15, 0.2) is 23.0 Å². The number of aryl methyl sites for hydroxylation is 1. The van der Waals surface area contributed by atoms with Crippen molar-refractivity contribution in [3.8, 4) is 22.8 Å². The van der Waals surface area contributed by atoms with E-state index in [1.807, 2.05) is 31.2 Å². The first-order valence-electron chi connectivity index (χ1n) is 10.4. The van der Waals surface area contributed by atoms with Crippen molar-refractivity contribution < 1.29 is 31.7 Å². The molecule has 6 aromatic rings. The van der Waals surface area contributed by atoms with E-state index in [0.29, 0.717) is 23.0 Å². The summed E-state index contributed by atoms with van der Waals surface area (Å²) in [7, 11) is 0. The SMILES string of the molecule is Cc1ncnc2oc(-c3ccco3)c(-c3ccco3)c12.O=C(NC(=O)c1ccco1)c1ccco1. The Morgan fingerprint density at radius 3 is 1.86 bits per heavy atom. The van der Waals surface area contributed by atoms with Crippen LogP contribution in [-0.4, -0.2) is 21.8 Å². The van der Waals surface area contributed by atoms with Crippen LogP contribution in [0.15, 0.2) is 102 Å². The molecule has 0 aliphatic heterocycles. The molecule has 0 radical (unpaired) electrons. The number of amides is 2.